The zero-order chi connectivity index (χ0) is 9.80. The van der Waals surface area contributed by atoms with Gasteiger partial charge in [0.2, 0.25) is 0 Å². The Kier molecular flexibility index (Phi) is 2.93. The lowest BCUT2D eigenvalue weighted by molar-refractivity contribution is 0.360. The average molecular weight is 192 g/mol. The summed E-state index contributed by atoms with van der Waals surface area (Å²) in [5, 5.41) is 8.03. The quantitative estimate of drug-likeness (QED) is 0.653. The maximum Gasteiger partial charge on any atom is 0.151 e. The highest BCUT2D eigenvalue weighted by Gasteiger charge is 2.12. The normalized spacial score (nSPS) is 19.4. The topological polar surface area (TPSA) is 32.3 Å². The van der Waals surface area contributed by atoms with Crippen molar-refractivity contribution >= 4 is 5.82 Å². The lowest BCUT2D eigenvalue weighted by atomic mass is 10.4. The van der Waals surface area contributed by atoms with Gasteiger partial charge in [-0.05, 0) is 32.1 Å². The molecule has 0 bridgehead atoms. The number of likely N-dealkylation sites (N-methyl/N-ethyl adjacent to an activating group) is 1. The average Bonchev–Trinajstić information content (AvgIpc) is 2.44. The van der Waals surface area contributed by atoms with Crippen LogP contribution in [0.1, 0.15) is 6.42 Å². The van der Waals surface area contributed by atoms with Crippen molar-refractivity contribution in [2.75, 3.05) is 38.1 Å². The van der Waals surface area contributed by atoms with Gasteiger partial charge in [0.15, 0.2) is 5.82 Å². The molecular formula is C10H16N4. The van der Waals surface area contributed by atoms with Crippen LogP contribution in [0.15, 0.2) is 18.3 Å². The predicted molar refractivity (Wildman–Crippen MR) is 56.4 cm³/mol. The summed E-state index contributed by atoms with van der Waals surface area (Å²) in [6.07, 6.45) is 2.92. The first-order valence-electron chi connectivity index (χ1n) is 5.07. The SMILES string of the molecule is CN1CCCN(c2cccnn2)CC1. The van der Waals surface area contributed by atoms with Crippen LogP contribution in [0.4, 0.5) is 5.82 Å². The fourth-order valence-corrected chi connectivity index (χ4v) is 1.74. The van der Waals surface area contributed by atoms with Crippen LogP contribution < -0.4 is 4.90 Å². The van der Waals surface area contributed by atoms with E-state index in [-0.39, 0.29) is 0 Å². The zero-order valence-electron chi connectivity index (χ0n) is 8.56. The molecule has 0 amide bonds. The van der Waals surface area contributed by atoms with Gasteiger partial charge in [-0.1, -0.05) is 0 Å². The summed E-state index contributed by atoms with van der Waals surface area (Å²) >= 11 is 0. The fraction of sp³-hybridized carbons (Fsp3) is 0.600. The summed E-state index contributed by atoms with van der Waals surface area (Å²) in [6, 6.07) is 3.97. The maximum atomic E-state index is 4.13. The monoisotopic (exact) mass is 192 g/mol. The molecule has 1 saturated heterocycles. The van der Waals surface area contributed by atoms with Gasteiger partial charge < -0.3 is 9.80 Å². The molecule has 0 aromatic carbocycles. The number of hydrogen-bond donors (Lipinski definition) is 0. The minimum Gasteiger partial charge on any atom is -0.354 e. The minimum absolute atomic E-state index is 1.00. The first kappa shape index (κ1) is 9.40. The van der Waals surface area contributed by atoms with Crippen LogP contribution in [-0.4, -0.2) is 48.3 Å². The Morgan fingerprint density at radius 3 is 2.93 bits per heavy atom. The highest BCUT2D eigenvalue weighted by Crippen LogP contribution is 2.10. The second-order valence-electron chi connectivity index (χ2n) is 3.73. The van der Waals surface area contributed by atoms with Crippen LogP contribution in [0, 0.1) is 0 Å². The molecule has 1 aliphatic rings. The lowest BCUT2D eigenvalue weighted by Crippen LogP contribution is -2.29. The Labute approximate surface area is 84.5 Å². The van der Waals surface area contributed by atoms with Crippen LogP contribution >= 0.6 is 0 Å². The van der Waals surface area contributed by atoms with E-state index in [0.29, 0.717) is 0 Å². The lowest BCUT2D eigenvalue weighted by Gasteiger charge is -2.20. The highest BCUT2D eigenvalue weighted by atomic mass is 15.3. The number of rotatable bonds is 1. The summed E-state index contributed by atoms with van der Waals surface area (Å²) in [4.78, 5) is 4.66. The molecule has 1 aliphatic heterocycles. The van der Waals surface area contributed by atoms with E-state index in [2.05, 4.69) is 27.0 Å². The first-order chi connectivity index (χ1) is 6.86. The molecular weight excluding hydrogens is 176 g/mol. The van der Waals surface area contributed by atoms with E-state index in [1.54, 1.807) is 6.20 Å². The molecule has 0 aliphatic carbocycles. The highest BCUT2D eigenvalue weighted by molar-refractivity contribution is 5.36. The minimum atomic E-state index is 1.00. The second-order valence-corrected chi connectivity index (χ2v) is 3.73. The molecule has 1 fully saturated rings. The van der Waals surface area contributed by atoms with E-state index in [1.807, 2.05) is 12.1 Å². The largest absolute Gasteiger partial charge is 0.354 e. The van der Waals surface area contributed by atoms with Gasteiger partial charge in [0, 0.05) is 25.8 Å². The van der Waals surface area contributed by atoms with E-state index in [4.69, 9.17) is 0 Å². The molecule has 2 heterocycles. The fourth-order valence-electron chi connectivity index (χ4n) is 1.74. The van der Waals surface area contributed by atoms with Crippen molar-refractivity contribution in [3.05, 3.63) is 18.3 Å². The van der Waals surface area contributed by atoms with E-state index < -0.39 is 0 Å². The van der Waals surface area contributed by atoms with Crippen LogP contribution in [0.5, 0.6) is 0 Å². The molecule has 76 valence electrons. The number of nitrogens with zero attached hydrogens (tertiary/aromatic N) is 4. The van der Waals surface area contributed by atoms with Crippen molar-refractivity contribution in [2.24, 2.45) is 0 Å². The Bertz CT molecular complexity index is 275. The summed E-state index contributed by atoms with van der Waals surface area (Å²) in [5.74, 6) is 1.00. The predicted octanol–water partition coefficient (Wildman–Crippen LogP) is 0.618. The third kappa shape index (κ3) is 2.20. The second kappa shape index (κ2) is 4.37. The molecule has 1 aromatic heterocycles. The van der Waals surface area contributed by atoms with Gasteiger partial charge in [-0.25, -0.2) is 0 Å². The number of anilines is 1. The van der Waals surface area contributed by atoms with Crippen molar-refractivity contribution in [2.45, 2.75) is 6.42 Å². The molecule has 14 heavy (non-hydrogen) atoms. The van der Waals surface area contributed by atoms with Crippen molar-refractivity contribution in [1.82, 2.24) is 15.1 Å². The summed E-state index contributed by atoms with van der Waals surface area (Å²) in [6.45, 7) is 4.42. The van der Waals surface area contributed by atoms with E-state index >= 15 is 0 Å². The zero-order valence-corrected chi connectivity index (χ0v) is 8.56. The summed E-state index contributed by atoms with van der Waals surface area (Å²) in [7, 11) is 2.17. The molecule has 0 saturated carbocycles. The van der Waals surface area contributed by atoms with Gasteiger partial charge in [-0.2, -0.15) is 5.10 Å². The van der Waals surface area contributed by atoms with Gasteiger partial charge in [-0.15, -0.1) is 5.10 Å². The van der Waals surface area contributed by atoms with Crippen LogP contribution in [0.2, 0.25) is 0 Å². The molecule has 4 heteroatoms. The van der Waals surface area contributed by atoms with Crippen LogP contribution in [0.3, 0.4) is 0 Å². The molecule has 0 spiro atoms. The van der Waals surface area contributed by atoms with Gasteiger partial charge in [0.05, 0.1) is 0 Å². The Morgan fingerprint density at radius 2 is 2.14 bits per heavy atom. The summed E-state index contributed by atoms with van der Waals surface area (Å²) in [5.41, 5.74) is 0. The Hall–Kier alpha value is -1.16. The van der Waals surface area contributed by atoms with Crippen molar-refractivity contribution < 1.29 is 0 Å². The number of aromatic nitrogens is 2. The maximum absolute atomic E-state index is 4.13. The molecule has 2 rings (SSSR count). The van der Waals surface area contributed by atoms with Gasteiger partial charge >= 0.3 is 0 Å². The van der Waals surface area contributed by atoms with Gasteiger partial charge in [0.25, 0.3) is 0 Å². The third-order valence-corrected chi connectivity index (χ3v) is 2.60. The molecule has 1 aromatic rings. The summed E-state index contributed by atoms with van der Waals surface area (Å²) < 4.78 is 0. The Balaban J connectivity index is 2.04. The molecule has 0 unspecified atom stereocenters. The van der Waals surface area contributed by atoms with Gasteiger partial charge in [0.1, 0.15) is 0 Å². The van der Waals surface area contributed by atoms with Crippen molar-refractivity contribution in [1.29, 1.82) is 0 Å². The van der Waals surface area contributed by atoms with Crippen LogP contribution in [-0.2, 0) is 0 Å². The molecule has 4 nitrogen and oxygen atoms in total. The molecule has 0 N–H and O–H groups in total. The third-order valence-electron chi connectivity index (χ3n) is 2.60. The van der Waals surface area contributed by atoms with Crippen LogP contribution in [0.25, 0.3) is 0 Å². The van der Waals surface area contributed by atoms with E-state index in [1.165, 1.54) is 13.0 Å². The molecule has 0 radical (unpaired) electrons. The number of hydrogen-bond acceptors (Lipinski definition) is 4. The first-order valence-corrected chi connectivity index (χ1v) is 5.07. The standard InChI is InChI=1S/C10H16N4/c1-13-6-3-7-14(9-8-13)10-4-2-5-11-12-10/h2,4-5H,3,6-9H2,1H3. The van der Waals surface area contributed by atoms with Crippen molar-refractivity contribution in [3.63, 3.8) is 0 Å². The van der Waals surface area contributed by atoms with E-state index in [0.717, 1.165) is 25.5 Å². The van der Waals surface area contributed by atoms with E-state index in [9.17, 15) is 0 Å². The van der Waals surface area contributed by atoms with Gasteiger partial charge in [-0.3, -0.25) is 0 Å². The Morgan fingerprint density at radius 1 is 1.21 bits per heavy atom. The smallest absolute Gasteiger partial charge is 0.151 e. The molecule has 0 atom stereocenters. The van der Waals surface area contributed by atoms with Crippen molar-refractivity contribution in [3.8, 4) is 0 Å².